The van der Waals surface area contributed by atoms with E-state index in [1.807, 2.05) is 25.1 Å². The molecule has 6 nitrogen and oxygen atoms in total. The van der Waals surface area contributed by atoms with Crippen molar-refractivity contribution in [3.8, 4) is 11.7 Å². The lowest BCUT2D eigenvalue weighted by molar-refractivity contribution is -0.145. The van der Waals surface area contributed by atoms with Crippen LogP contribution in [0.25, 0.3) is 0 Å². The monoisotopic (exact) mass is 329 g/mol. The third-order valence-electron chi connectivity index (χ3n) is 4.26. The van der Waals surface area contributed by atoms with Crippen LogP contribution in [0.2, 0.25) is 0 Å². The Bertz CT molecular complexity index is 724. The third kappa shape index (κ3) is 3.42. The quantitative estimate of drug-likeness (QED) is 0.931. The van der Waals surface area contributed by atoms with Crippen molar-refractivity contribution in [3.05, 3.63) is 48.2 Å². The SMILES string of the molecule is CC1CN(C(=O)c2ccc(Oc3ccccc3)o2)CCC1C(=O)O. The van der Waals surface area contributed by atoms with Gasteiger partial charge in [-0.3, -0.25) is 9.59 Å². The number of nitrogens with zero attached hydrogens (tertiary/aromatic N) is 1. The molecular formula is C18H19NO5. The zero-order chi connectivity index (χ0) is 17.1. The molecule has 2 atom stereocenters. The molecule has 0 spiro atoms. The first-order chi connectivity index (χ1) is 11.5. The van der Waals surface area contributed by atoms with Crippen LogP contribution in [-0.2, 0) is 4.79 Å². The highest BCUT2D eigenvalue weighted by Crippen LogP contribution is 2.27. The predicted octanol–water partition coefficient (Wildman–Crippen LogP) is 3.25. The number of furan rings is 1. The number of hydrogen-bond acceptors (Lipinski definition) is 4. The molecule has 1 aromatic carbocycles. The summed E-state index contributed by atoms with van der Waals surface area (Å²) < 4.78 is 11.0. The largest absolute Gasteiger partial charge is 0.481 e. The second-order valence-corrected chi connectivity index (χ2v) is 6.00. The van der Waals surface area contributed by atoms with Gasteiger partial charge in [-0.1, -0.05) is 25.1 Å². The Balaban J connectivity index is 1.65. The fourth-order valence-corrected chi connectivity index (χ4v) is 2.95. The minimum absolute atomic E-state index is 0.0878. The van der Waals surface area contributed by atoms with Crippen molar-refractivity contribution in [1.82, 2.24) is 4.90 Å². The molecule has 1 amide bonds. The van der Waals surface area contributed by atoms with Gasteiger partial charge in [0.25, 0.3) is 11.9 Å². The first-order valence-electron chi connectivity index (χ1n) is 7.89. The molecule has 3 rings (SSSR count). The standard InChI is InChI=1S/C18H19NO5/c1-12-11-19(10-9-14(12)18(21)22)17(20)15-7-8-16(24-15)23-13-5-3-2-4-6-13/h2-8,12,14H,9-11H2,1H3,(H,21,22). The van der Waals surface area contributed by atoms with Crippen LogP contribution >= 0.6 is 0 Å². The molecule has 1 aliphatic heterocycles. The summed E-state index contributed by atoms with van der Waals surface area (Å²) >= 11 is 0. The van der Waals surface area contributed by atoms with Gasteiger partial charge in [0, 0.05) is 19.2 Å². The van der Waals surface area contributed by atoms with E-state index in [0.717, 1.165) is 0 Å². The van der Waals surface area contributed by atoms with Gasteiger partial charge in [0.1, 0.15) is 5.75 Å². The van der Waals surface area contributed by atoms with E-state index in [2.05, 4.69) is 0 Å². The first kappa shape index (κ1) is 16.1. The normalized spacial score (nSPS) is 20.6. The Labute approximate surface area is 139 Å². The number of carboxylic acids is 1. The van der Waals surface area contributed by atoms with Crippen molar-refractivity contribution in [1.29, 1.82) is 0 Å². The van der Waals surface area contributed by atoms with Crippen molar-refractivity contribution in [2.24, 2.45) is 11.8 Å². The number of para-hydroxylation sites is 1. The zero-order valence-corrected chi connectivity index (χ0v) is 13.3. The van der Waals surface area contributed by atoms with Crippen LogP contribution in [0.4, 0.5) is 0 Å². The summed E-state index contributed by atoms with van der Waals surface area (Å²) in [5.41, 5.74) is 0. The van der Waals surface area contributed by atoms with Gasteiger partial charge in [-0.2, -0.15) is 0 Å². The Morgan fingerprint density at radius 3 is 2.62 bits per heavy atom. The lowest BCUT2D eigenvalue weighted by Gasteiger charge is -2.34. The zero-order valence-electron chi connectivity index (χ0n) is 13.3. The van der Waals surface area contributed by atoms with Crippen molar-refractivity contribution in [3.63, 3.8) is 0 Å². The summed E-state index contributed by atoms with van der Waals surface area (Å²) in [4.78, 5) is 25.3. The predicted molar refractivity (Wildman–Crippen MR) is 86.0 cm³/mol. The Morgan fingerprint density at radius 2 is 1.96 bits per heavy atom. The number of rotatable bonds is 4. The maximum absolute atomic E-state index is 12.5. The topological polar surface area (TPSA) is 80.0 Å². The number of likely N-dealkylation sites (tertiary alicyclic amines) is 1. The molecule has 2 heterocycles. The molecule has 6 heteroatoms. The van der Waals surface area contributed by atoms with Crippen LogP contribution in [0.1, 0.15) is 23.9 Å². The van der Waals surface area contributed by atoms with E-state index in [1.165, 1.54) is 0 Å². The van der Waals surface area contributed by atoms with Crippen LogP contribution in [0.5, 0.6) is 11.7 Å². The van der Waals surface area contributed by atoms with Gasteiger partial charge in [0.15, 0.2) is 5.76 Å². The maximum Gasteiger partial charge on any atom is 0.306 e. The number of benzene rings is 1. The van der Waals surface area contributed by atoms with Gasteiger partial charge >= 0.3 is 5.97 Å². The van der Waals surface area contributed by atoms with E-state index in [0.29, 0.717) is 25.3 Å². The van der Waals surface area contributed by atoms with Gasteiger partial charge in [0.05, 0.1) is 5.92 Å². The van der Waals surface area contributed by atoms with Crippen LogP contribution in [0.15, 0.2) is 46.9 Å². The number of ether oxygens (including phenoxy) is 1. The molecular weight excluding hydrogens is 310 g/mol. The van der Waals surface area contributed by atoms with E-state index >= 15 is 0 Å². The van der Waals surface area contributed by atoms with Gasteiger partial charge < -0.3 is 19.2 Å². The van der Waals surface area contributed by atoms with E-state index in [9.17, 15) is 9.59 Å². The number of carbonyl (C=O) groups excluding carboxylic acids is 1. The minimum Gasteiger partial charge on any atom is -0.481 e. The number of carboxylic acid groups (broad SMARTS) is 1. The highest BCUT2D eigenvalue weighted by molar-refractivity contribution is 5.91. The molecule has 1 aliphatic rings. The summed E-state index contributed by atoms with van der Waals surface area (Å²) in [6.07, 6.45) is 0.455. The molecule has 126 valence electrons. The van der Waals surface area contributed by atoms with Crippen molar-refractivity contribution in [2.45, 2.75) is 13.3 Å². The van der Waals surface area contributed by atoms with Crippen LogP contribution in [0.3, 0.4) is 0 Å². The van der Waals surface area contributed by atoms with E-state index < -0.39 is 11.9 Å². The molecule has 0 radical (unpaired) electrons. The number of aliphatic carboxylic acids is 1. The van der Waals surface area contributed by atoms with Crippen molar-refractivity contribution >= 4 is 11.9 Å². The molecule has 0 bridgehead atoms. The van der Waals surface area contributed by atoms with E-state index in [-0.39, 0.29) is 23.5 Å². The number of carbonyl (C=O) groups is 2. The highest BCUT2D eigenvalue weighted by Gasteiger charge is 2.34. The Morgan fingerprint density at radius 1 is 1.21 bits per heavy atom. The van der Waals surface area contributed by atoms with Gasteiger partial charge in [0.2, 0.25) is 0 Å². The van der Waals surface area contributed by atoms with Crippen molar-refractivity contribution in [2.75, 3.05) is 13.1 Å². The molecule has 1 N–H and O–H groups in total. The molecule has 1 aromatic heterocycles. The van der Waals surface area contributed by atoms with Crippen LogP contribution in [-0.4, -0.2) is 35.0 Å². The smallest absolute Gasteiger partial charge is 0.306 e. The summed E-state index contributed by atoms with van der Waals surface area (Å²) in [5.74, 6) is -0.459. The van der Waals surface area contributed by atoms with E-state index in [1.54, 1.807) is 29.2 Å². The van der Waals surface area contributed by atoms with Crippen LogP contribution in [0, 0.1) is 11.8 Å². The Kier molecular flexibility index (Phi) is 4.55. The highest BCUT2D eigenvalue weighted by atomic mass is 16.6. The molecule has 2 unspecified atom stereocenters. The first-order valence-corrected chi connectivity index (χ1v) is 7.89. The maximum atomic E-state index is 12.5. The van der Waals surface area contributed by atoms with Gasteiger partial charge in [-0.25, -0.2) is 0 Å². The second-order valence-electron chi connectivity index (χ2n) is 6.00. The molecule has 0 saturated carbocycles. The van der Waals surface area contributed by atoms with E-state index in [4.69, 9.17) is 14.3 Å². The summed E-state index contributed by atoms with van der Waals surface area (Å²) in [7, 11) is 0. The lowest BCUT2D eigenvalue weighted by Crippen LogP contribution is -2.44. The average molecular weight is 329 g/mol. The number of piperidine rings is 1. The molecule has 24 heavy (non-hydrogen) atoms. The van der Waals surface area contributed by atoms with Gasteiger partial charge in [-0.05, 0) is 30.5 Å². The molecule has 1 fully saturated rings. The van der Waals surface area contributed by atoms with Gasteiger partial charge in [-0.15, -0.1) is 0 Å². The lowest BCUT2D eigenvalue weighted by atomic mass is 9.87. The number of hydrogen-bond donors (Lipinski definition) is 1. The fraction of sp³-hybridized carbons (Fsp3) is 0.333. The second kappa shape index (κ2) is 6.78. The third-order valence-corrected chi connectivity index (χ3v) is 4.26. The minimum atomic E-state index is -0.800. The molecule has 1 saturated heterocycles. The summed E-state index contributed by atoms with van der Waals surface area (Å²) in [6.45, 7) is 2.67. The molecule has 0 aliphatic carbocycles. The summed E-state index contributed by atoms with van der Waals surface area (Å²) in [6, 6.07) is 12.3. The van der Waals surface area contributed by atoms with Crippen LogP contribution < -0.4 is 4.74 Å². The van der Waals surface area contributed by atoms with Crippen molar-refractivity contribution < 1.29 is 23.8 Å². The average Bonchev–Trinajstić information content (AvgIpc) is 3.03. The fourth-order valence-electron chi connectivity index (χ4n) is 2.95. The summed E-state index contributed by atoms with van der Waals surface area (Å²) in [5, 5.41) is 9.16. The molecule has 2 aromatic rings. The Hall–Kier alpha value is -2.76. The number of amides is 1.